The second-order valence-corrected chi connectivity index (χ2v) is 5.97. The molecule has 0 fully saturated rings. The van der Waals surface area contributed by atoms with Crippen LogP contribution in [-0.4, -0.2) is 5.78 Å². The SMILES string of the molecule is CC1=C(C)/C(=C\C(=O)c2ccccc2)SS1. The lowest BCUT2D eigenvalue weighted by atomic mass is 10.1. The van der Waals surface area contributed by atoms with Crippen molar-refractivity contribution in [3.05, 3.63) is 57.4 Å². The maximum Gasteiger partial charge on any atom is 0.186 e. The van der Waals surface area contributed by atoms with Gasteiger partial charge in [-0.05, 0) is 24.3 Å². The van der Waals surface area contributed by atoms with Crippen LogP contribution in [0.3, 0.4) is 0 Å². The molecule has 1 heterocycles. The van der Waals surface area contributed by atoms with E-state index in [1.54, 1.807) is 27.7 Å². The van der Waals surface area contributed by atoms with E-state index in [0.717, 1.165) is 10.5 Å². The average molecular weight is 248 g/mol. The highest BCUT2D eigenvalue weighted by Crippen LogP contribution is 2.48. The lowest BCUT2D eigenvalue weighted by Crippen LogP contribution is -1.94. The number of carbonyl (C=O) groups is 1. The van der Waals surface area contributed by atoms with E-state index in [1.807, 2.05) is 30.3 Å². The molecule has 1 aliphatic heterocycles. The van der Waals surface area contributed by atoms with Crippen molar-refractivity contribution < 1.29 is 4.79 Å². The fraction of sp³-hybridized carbons (Fsp3) is 0.154. The summed E-state index contributed by atoms with van der Waals surface area (Å²) in [5.74, 6) is 0.0813. The summed E-state index contributed by atoms with van der Waals surface area (Å²) in [6.07, 6.45) is 1.73. The largest absolute Gasteiger partial charge is 0.289 e. The molecule has 2 rings (SSSR count). The van der Waals surface area contributed by atoms with E-state index in [2.05, 4.69) is 13.8 Å². The minimum atomic E-state index is 0.0813. The lowest BCUT2D eigenvalue weighted by molar-refractivity contribution is 0.104. The van der Waals surface area contributed by atoms with Crippen molar-refractivity contribution in [2.24, 2.45) is 0 Å². The third-order valence-corrected chi connectivity index (χ3v) is 5.26. The predicted molar refractivity (Wildman–Crippen MR) is 72.4 cm³/mol. The normalized spacial score (nSPS) is 18.2. The summed E-state index contributed by atoms with van der Waals surface area (Å²) >= 11 is 0. The first-order valence-electron chi connectivity index (χ1n) is 5.02. The van der Waals surface area contributed by atoms with Crippen LogP contribution >= 0.6 is 21.6 Å². The van der Waals surface area contributed by atoms with Gasteiger partial charge in [0.05, 0.1) is 0 Å². The topological polar surface area (TPSA) is 17.1 Å². The Kier molecular flexibility index (Phi) is 3.56. The first kappa shape index (κ1) is 11.6. The van der Waals surface area contributed by atoms with Crippen molar-refractivity contribution in [3.63, 3.8) is 0 Å². The fourth-order valence-corrected chi connectivity index (χ4v) is 3.83. The summed E-state index contributed by atoms with van der Waals surface area (Å²) in [5, 5.41) is 0. The second-order valence-electron chi connectivity index (χ2n) is 3.59. The van der Waals surface area contributed by atoms with Gasteiger partial charge in [-0.3, -0.25) is 4.79 Å². The molecule has 82 valence electrons. The number of carbonyl (C=O) groups excluding carboxylic acids is 1. The van der Waals surface area contributed by atoms with Crippen LogP contribution in [-0.2, 0) is 0 Å². The smallest absolute Gasteiger partial charge is 0.186 e. The molecule has 0 radical (unpaired) electrons. The van der Waals surface area contributed by atoms with Crippen molar-refractivity contribution in [2.45, 2.75) is 13.8 Å². The highest BCUT2D eigenvalue weighted by atomic mass is 33.1. The van der Waals surface area contributed by atoms with Crippen molar-refractivity contribution in [3.8, 4) is 0 Å². The molecule has 1 aromatic carbocycles. The highest BCUT2D eigenvalue weighted by Gasteiger charge is 2.16. The molecule has 0 saturated heterocycles. The van der Waals surface area contributed by atoms with E-state index in [9.17, 15) is 4.79 Å². The zero-order valence-electron chi connectivity index (χ0n) is 9.19. The number of hydrogen-bond acceptors (Lipinski definition) is 3. The third-order valence-electron chi connectivity index (χ3n) is 2.47. The highest BCUT2D eigenvalue weighted by molar-refractivity contribution is 8.80. The molecular weight excluding hydrogens is 236 g/mol. The Hall–Kier alpha value is -0.930. The van der Waals surface area contributed by atoms with E-state index < -0.39 is 0 Å². The third kappa shape index (κ3) is 2.42. The second kappa shape index (κ2) is 4.93. The Morgan fingerprint density at radius 3 is 2.38 bits per heavy atom. The fourth-order valence-electron chi connectivity index (χ4n) is 1.34. The summed E-state index contributed by atoms with van der Waals surface area (Å²) in [7, 11) is 3.39. The van der Waals surface area contributed by atoms with E-state index in [4.69, 9.17) is 0 Å². The Balaban J connectivity index is 2.23. The molecule has 0 unspecified atom stereocenters. The van der Waals surface area contributed by atoms with E-state index in [-0.39, 0.29) is 5.78 Å². The first-order chi connectivity index (χ1) is 7.68. The number of rotatable bonds is 2. The van der Waals surface area contributed by atoms with Gasteiger partial charge in [-0.25, -0.2) is 0 Å². The van der Waals surface area contributed by atoms with Crippen LogP contribution < -0.4 is 0 Å². The van der Waals surface area contributed by atoms with Gasteiger partial charge in [-0.1, -0.05) is 51.9 Å². The summed E-state index contributed by atoms with van der Waals surface area (Å²) in [6, 6.07) is 9.38. The number of hydrogen-bond donors (Lipinski definition) is 0. The van der Waals surface area contributed by atoms with Crippen LogP contribution in [0.15, 0.2) is 51.8 Å². The first-order valence-corrected chi connectivity index (χ1v) is 7.17. The van der Waals surface area contributed by atoms with Crippen LogP contribution in [0.2, 0.25) is 0 Å². The minimum Gasteiger partial charge on any atom is -0.289 e. The quantitative estimate of drug-likeness (QED) is 0.437. The van der Waals surface area contributed by atoms with Gasteiger partial charge in [0.1, 0.15) is 0 Å². The van der Waals surface area contributed by atoms with Gasteiger partial charge in [-0.2, -0.15) is 0 Å². The molecule has 0 aromatic heterocycles. The molecule has 0 N–H and O–H groups in total. The monoisotopic (exact) mass is 248 g/mol. The molecule has 0 saturated carbocycles. The zero-order valence-corrected chi connectivity index (χ0v) is 10.8. The Morgan fingerprint density at radius 1 is 1.12 bits per heavy atom. The minimum absolute atomic E-state index is 0.0813. The van der Waals surface area contributed by atoms with Crippen molar-refractivity contribution >= 4 is 27.4 Å². The van der Waals surface area contributed by atoms with Crippen LogP contribution in [0.4, 0.5) is 0 Å². The van der Waals surface area contributed by atoms with Crippen molar-refractivity contribution in [1.29, 1.82) is 0 Å². The molecule has 1 aliphatic rings. The molecular formula is C13H12OS2. The van der Waals surface area contributed by atoms with Crippen LogP contribution in [0.1, 0.15) is 24.2 Å². The summed E-state index contributed by atoms with van der Waals surface area (Å²) in [4.78, 5) is 14.3. The van der Waals surface area contributed by atoms with Gasteiger partial charge in [-0.15, -0.1) is 0 Å². The Bertz CT molecular complexity index is 472. The van der Waals surface area contributed by atoms with Gasteiger partial charge in [0.25, 0.3) is 0 Å². The summed E-state index contributed by atoms with van der Waals surface area (Å²) in [6.45, 7) is 4.15. The van der Waals surface area contributed by atoms with Crippen molar-refractivity contribution in [1.82, 2.24) is 0 Å². The number of benzene rings is 1. The zero-order chi connectivity index (χ0) is 11.5. The molecule has 1 nitrogen and oxygen atoms in total. The number of allylic oxidation sites excluding steroid dienone is 3. The van der Waals surface area contributed by atoms with Gasteiger partial charge in [0.2, 0.25) is 0 Å². The van der Waals surface area contributed by atoms with E-state index in [0.29, 0.717) is 0 Å². The molecule has 0 bridgehead atoms. The maximum atomic E-state index is 11.9. The maximum absolute atomic E-state index is 11.9. The Morgan fingerprint density at radius 2 is 1.81 bits per heavy atom. The number of ketones is 1. The molecule has 0 spiro atoms. The molecule has 16 heavy (non-hydrogen) atoms. The molecule has 0 amide bonds. The predicted octanol–water partition coefficient (Wildman–Crippen LogP) is 4.44. The van der Waals surface area contributed by atoms with Crippen LogP contribution in [0.5, 0.6) is 0 Å². The van der Waals surface area contributed by atoms with Gasteiger partial charge >= 0.3 is 0 Å². The molecule has 0 aliphatic carbocycles. The molecule has 1 aromatic rings. The van der Waals surface area contributed by atoms with Gasteiger partial charge in [0.15, 0.2) is 5.78 Å². The summed E-state index contributed by atoms with van der Waals surface area (Å²) in [5.41, 5.74) is 1.97. The van der Waals surface area contributed by atoms with Gasteiger partial charge < -0.3 is 0 Å². The molecule has 0 atom stereocenters. The van der Waals surface area contributed by atoms with Crippen LogP contribution in [0, 0.1) is 0 Å². The average Bonchev–Trinajstić information content (AvgIpc) is 2.62. The van der Waals surface area contributed by atoms with E-state index >= 15 is 0 Å². The van der Waals surface area contributed by atoms with E-state index in [1.165, 1.54) is 10.5 Å². The Labute approximate surface area is 103 Å². The summed E-state index contributed by atoms with van der Waals surface area (Å²) < 4.78 is 0. The molecule has 3 heteroatoms. The van der Waals surface area contributed by atoms with Crippen molar-refractivity contribution in [2.75, 3.05) is 0 Å². The lowest BCUT2D eigenvalue weighted by Gasteiger charge is -1.98. The standard InChI is InChI=1S/C13H12OS2/c1-9-10(2)15-16-13(9)8-12(14)11-6-4-3-5-7-11/h3-8H,1-2H3/b13-8+. The van der Waals surface area contributed by atoms with Crippen LogP contribution in [0.25, 0.3) is 0 Å². The van der Waals surface area contributed by atoms with Gasteiger partial charge in [0, 0.05) is 16.5 Å².